The number of anilines is 1. The van der Waals surface area contributed by atoms with Crippen LogP contribution in [0.2, 0.25) is 0 Å². The minimum Gasteiger partial charge on any atom is -0.473 e. The van der Waals surface area contributed by atoms with Crippen LogP contribution in [0.3, 0.4) is 0 Å². The number of nitrogens with one attached hydrogen (secondary N) is 2. The van der Waals surface area contributed by atoms with Gasteiger partial charge < -0.3 is 10.1 Å². The lowest BCUT2D eigenvalue weighted by atomic mass is 9.99. The van der Waals surface area contributed by atoms with Crippen molar-refractivity contribution in [3.05, 3.63) is 34.5 Å². The molecule has 1 atom stereocenters. The van der Waals surface area contributed by atoms with Crippen LogP contribution in [0.4, 0.5) is 14.9 Å². The zero-order valence-corrected chi connectivity index (χ0v) is 17.4. The lowest BCUT2D eigenvalue weighted by Crippen LogP contribution is -2.39. The molecular weight excluding hydrogens is 411 g/mol. The van der Waals surface area contributed by atoms with Gasteiger partial charge in [-0.15, -0.1) is 0 Å². The highest BCUT2D eigenvalue weighted by Gasteiger charge is 2.36. The largest absolute Gasteiger partial charge is 0.473 e. The molecule has 0 saturated heterocycles. The van der Waals surface area contributed by atoms with Crippen molar-refractivity contribution in [3.63, 3.8) is 0 Å². The molecule has 5 rings (SSSR count). The number of carbonyl (C=O) groups is 1. The van der Waals surface area contributed by atoms with Crippen molar-refractivity contribution >= 4 is 21.7 Å². The summed E-state index contributed by atoms with van der Waals surface area (Å²) in [5.74, 6) is -0.0630. The molecule has 3 aliphatic rings. The lowest BCUT2D eigenvalue weighted by molar-refractivity contribution is 0.0410. The normalized spacial score (nSPS) is 22.1. The lowest BCUT2D eigenvalue weighted by Gasteiger charge is -2.27. The van der Waals surface area contributed by atoms with E-state index >= 15 is 0 Å². The Labute approximate surface area is 173 Å². The standard InChI is InChI=1S/C20H23FN4O4S/c1-20(21)10-25-18(29-11-20)16(9-22-25)30(27,28)24-19(26)23-17-14-6-2-4-12(14)8-13-5-3-7-15(13)17/h8-9H,2-7,10-11H2,1H3,(H2,23,24,26). The second kappa shape index (κ2) is 6.69. The van der Waals surface area contributed by atoms with Gasteiger partial charge in [0.1, 0.15) is 6.61 Å². The van der Waals surface area contributed by atoms with Gasteiger partial charge in [0.25, 0.3) is 10.0 Å². The maximum Gasteiger partial charge on any atom is 0.333 e. The third-order valence-electron chi connectivity index (χ3n) is 5.98. The average Bonchev–Trinajstić information content (AvgIpc) is 3.38. The fraction of sp³-hybridized carbons (Fsp3) is 0.500. The van der Waals surface area contributed by atoms with Crippen molar-refractivity contribution in [3.8, 4) is 5.88 Å². The first-order valence-corrected chi connectivity index (χ1v) is 11.6. The van der Waals surface area contributed by atoms with Crippen LogP contribution in [0.15, 0.2) is 17.2 Å². The molecule has 1 unspecified atom stereocenters. The molecule has 0 fully saturated rings. The molecule has 10 heteroatoms. The highest BCUT2D eigenvalue weighted by atomic mass is 32.2. The first-order chi connectivity index (χ1) is 14.2. The Morgan fingerprint density at radius 3 is 2.53 bits per heavy atom. The fourth-order valence-corrected chi connectivity index (χ4v) is 5.64. The number of benzene rings is 1. The second-order valence-corrected chi connectivity index (χ2v) is 10.1. The van der Waals surface area contributed by atoms with Crippen LogP contribution < -0.4 is 14.8 Å². The summed E-state index contributed by atoms with van der Waals surface area (Å²) in [6.45, 7) is 0.955. The number of ether oxygens (including phenoxy) is 1. The maximum atomic E-state index is 14.1. The number of aryl methyl sites for hydroxylation is 2. The number of amides is 2. The molecule has 160 valence electrons. The van der Waals surface area contributed by atoms with Gasteiger partial charge in [-0.25, -0.2) is 27.0 Å². The van der Waals surface area contributed by atoms with E-state index in [9.17, 15) is 17.6 Å². The van der Waals surface area contributed by atoms with E-state index in [1.165, 1.54) is 18.1 Å². The number of urea groups is 1. The van der Waals surface area contributed by atoms with E-state index < -0.39 is 21.7 Å². The van der Waals surface area contributed by atoms with Gasteiger partial charge in [0.05, 0.1) is 12.7 Å². The van der Waals surface area contributed by atoms with Gasteiger partial charge in [0.2, 0.25) is 5.88 Å². The summed E-state index contributed by atoms with van der Waals surface area (Å²) in [5, 5.41) is 6.70. The minimum absolute atomic E-state index is 0.0630. The number of fused-ring (bicyclic) bond motifs is 3. The van der Waals surface area contributed by atoms with Crippen LogP contribution in [-0.2, 0) is 42.3 Å². The Morgan fingerprint density at radius 2 is 1.87 bits per heavy atom. The van der Waals surface area contributed by atoms with E-state index in [1.54, 1.807) is 0 Å². The average molecular weight is 434 g/mol. The van der Waals surface area contributed by atoms with E-state index in [4.69, 9.17) is 4.74 Å². The quantitative estimate of drug-likeness (QED) is 0.773. The smallest absolute Gasteiger partial charge is 0.333 e. The summed E-state index contributed by atoms with van der Waals surface area (Å²) in [6, 6.07) is 1.41. The van der Waals surface area contributed by atoms with Crippen molar-refractivity contribution in [2.24, 2.45) is 0 Å². The Kier molecular flexibility index (Phi) is 4.32. The minimum atomic E-state index is -4.24. The molecule has 1 aliphatic heterocycles. The fourth-order valence-electron chi connectivity index (χ4n) is 4.66. The van der Waals surface area contributed by atoms with E-state index in [0.29, 0.717) is 0 Å². The molecule has 1 aromatic carbocycles. The zero-order valence-electron chi connectivity index (χ0n) is 16.6. The number of nitrogens with zero attached hydrogens (tertiary/aromatic N) is 2. The van der Waals surface area contributed by atoms with E-state index in [2.05, 4.69) is 21.2 Å². The van der Waals surface area contributed by atoms with E-state index in [1.807, 2.05) is 0 Å². The number of alkyl halides is 1. The van der Waals surface area contributed by atoms with Gasteiger partial charge >= 0.3 is 6.03 Å². The van der Waals surface area contributed by atoms with Gasteiger partial charge in [-0.1, -0.05) is 6.07 Å². The van der Waals surface area contributed by atoms with Gasteiger partial charge in [-0.2, -0.15) is 5.10 Å². The van der Waals surface area contributed by atoms with Crippen LogP contribution in [0.25, 0.3) is 0 Å². The van der Waals surface area contributed by atoms with Crippen molar-refractivity contribution in [2.75, 3.05) is 11.9 Å². The first-order valence-electron chi connectivity index (χ1n) is 10.1. The summed E-state index contributed by atoms with van der Waals surface area (Å²) < 4.78 is 48.2. The van der Waals surface area contributed by atoms with Gasteiger partial charge in [0.15, 0.2) is 10.6 Å². The second-order valence-electron chi connectivity index (χ2n) is 8.47. The Bertz CT molecular complexity index is 1120. The molecule has 8 nitrogen and oxygen atoms in total. The van der Waals surface area contributed by atoms with Gasteiger partial charge in [-0.3, -0.25) is 0 Å². The zero-order chi connectivity index (χ0) is 21.1. The van der Waals surface area contributed by atoms with E-state index in [0.717, 1.165) is 66.2 Å². The number of carbonyl (C=O) groups excluding carboxylic acids is 1. The molecule has 0 saturated carbocycles. The Balaban J connectivity index is 1.39. The molecule has 2 amide bonds. The summed E-state index contributed by atoms with van der Waals surface area (Å²) >= 11 is 0. The maximum absolute atomic E-state index is 14.1. The summed E-state index contributed by atoms with van der Waals surface area (Å²) in [5.41, 5.74) is 3.81. The Hall–Kier alpha value is -2.62. The third kappa shape index (κ3) is 3.23. The van der Waals surface area contributed by atoms with Crippen LogP contribution >= 0.6 is 0 Å². The summed E-state index contributed by atoms with van der Waals surface area (Å²) in [7, 11) is -4.24. The Morgan fingerprint density at radius 1 is 1.20 bits per heavy atom. The molecule has 30 heavy (non-hydrogen) atoms. The van der Waals surface area contributed by atoms with Crippen molar-refractivity contribution < 1.29 is 22.3 Å². The van der Waals surface area contributed by atoms with Crippen LogP contribution in [0.1, 0.15) is 42.0 Å². The van der Waals surface area contributed by atoms with Crippen LogP contribution in [0, 0.1) is 0 Å². The van der Waals surface area contributed by atoms with Crippen LogP contribution in [0.5, 0.6) is 5.88 Å². The predicted octanol–water partition coefficient (Wildman–Crippen LogP) is 2.49. The van der Waals surface area contributed by atoms with Crippen molar-refractivity contribution in [2.45, 2.75) is 62.6 Å². The molecule has 2 N–H and O–H groups in total. The summed E-state index contributed by atoms with van der Waals surface area (Å²) in [4.78, 5) is 12.4. The molecule has 2 aromatic rings. The number of sulfonamides is 1. The predicted molar refractivity (Wildman–Crippen MR) is 107 cm³/mol. The van der Waals surface area contributed by atoms with Crippen molar-refractivity contribution in [1.82, 2.24) is 14.5 Å². The molecule has 1 aromatic heterocycles. The monoisotopic (exact) mass is 434 g/mol. The number of rotatable bonds is 3. The van der Waals surface area contributed by atoms with E-state index in [-0.39, 0.29) is 23.9 Å². The molecule has 0 bridgehead atoms. The molecule has 2 heterocycles. The molecule has 0 radical (unpaired) electrons. The number of hydrogen-bond donors (Lipinski definition) is 2. The number of aromatic nitrogens is 2. The summed E-state index contributed by atoms with van der Waals surface area (Å²) in [6.07, 6.45) is 6.83. The highest BCUT2D eigenvalue weighted by Crippen LogP contribution is 2.38. The van der Waals surface area contributed by atoms with Gasteiger partial charge in [0, 0.05) is 5.69 Å². The van der Waals surface area contributed by atoms with Gasteiger partial charge in [-0.05, 0) is 67.7 Å². The van der Waals surface area contributed by atoms with Crippen molar-refractivity contribution in [1.29, 1.82) is 0 Å². The topological polar surface area (TPSA) is 102 Å². The first kappa shape index (κ1) is 19.3. The molecule has 2 aliphatic carbocycles. The van der Waals surface area contributed by atoms with Crippen LogP contribution in [-0.4, -0.2) is 36.5 Å². The molecular formula is C20H23FN4O4S. The number of halogens is 1. The highest BCUT2D eigenvalue weighted by molar-refractivity contribution is 7.90. The number of hydrogen-bond acceptors (Lipinski definition) is 5. The molecule has 0 spiro atoms. The SMILES string of the molecule is CC1(F)COc2c(S(=O)(=O)NC(=O)Nc3c4c(cc5c3CCC5)CCC4)cnn2C1. The third-order valence-corrected chi connectivity index (χ3v) is 7.29.